The summed E-state index contributed by atoms with van der Waals surface area (Å²) in [6.07, 6.45) is 6.54. The molecule has 2 heterocycles. The second-order valence-electron chi connectivity index (χ2n) is 6.95. The minimum Gasteiger partial charge on any atom is -0.344 e. The molecule has 0 fully saturated rings. The predicted molar refractivity (Wildman–Crippen MR) is 152 cm³/mol. The maximum atomic E-state index is 12.8. The van der Waals surface area contributed by atoms with Gasteiger partial charge in [-0.15, -0.1) is 24.6 Å². The van der Waals surface area contributed by atoms with E-state index in [1.165, 1.54) is 11.8 Å². The van der Waals surface area contributed by atoms with Gasteiger partial charge in [0.05, 0.1) is 11.7 Å². The van der Waals surface area contributed by atoms with E-state index in [2.05, 4.69) is 28.2 Å². The molecule has 1 N–H and O–H groups in total. The van der Waals surface area contributed by atoms with Gasteiger partial charge in [-0.05, 0) is 43.5 Å². The van der Waals surface area contributed by atoms with Crippen molar-refractivity contribution in [1.82, 2.24) is 20.1 Å². The fourth-order valence-electron chi connectivity index (χ4n) is 2.67. The molecule has 0 aliphatic rings. The lowest BCUT2D eigenvalue weighted by atomic mass is 10.1. The highest BCUT2D eigenvalue weighted by Crippen LogP contribution is 2.30. The van der Waals surface area contributed by atoms with Crippen LogP contribution in [0.1, 0.15) is 103 Å². The number of carbonyl (C=O) groups is 1. The molecule has 2 aromatic heterocycles. The quantitative estimate of drug-likeness (QED) is 0.358. The number of aromatic nitrogens is 3. The SMILES string of the molecule is C#C.C/C=C(\SCc1ccnc(C(F)(F)F)c1)C(C)NC(=O)c1cc(C(C)C)nn1C.CC.CC.CC. The molecule has 0 bridgehead atoms. The Labute approximate surface area is 226 Å². The summed E-state index contributed by atoms with van der Waals surface area (Å²) in [4.78, 5) is 16.9. The first-order valence-corrected chi connectivity index (χ1v) is 13.5. The molecule has 2 aromatic rings. The summed E-state index contributed by atoms with van der Waals surface area (Å²) in [5.41, 5.74) is 0.911. The van der Waals surface area contributed by atoms with Crippen LogP contribution in [-0.2, 0) is 19.0 Å². The number of hydrogen-bond donors (Lipinski definition) is 1. The van der Waals surface area contributed by atoms with Crippen LogP contribution >= 0.6 is 11.8 Å². The molecule has 0 aliphatic carbocycles. The number of halogens is 3. The lowest BCUT2D eigenvalue weighted by molar-refractivity contribution is -0.141. The summed E-state index contributed by atoms with van der Waals surface area (Å²) in [6, 6.07) is 4.08. The molecule has 9 heteroatoms. The van der Waals surface area contributed by atoms with Gasteiger partial charge in [0.1, 0.15) is 11.4 Å². The number of nitrogens with zero attached hydrogens (tertiary/aromatic N) is 3. The Morgan fingerprint density at radius 1 is 1.11 bits per heavy atom. The van der Waals surface area contributed by atoms with Crippen molar-refractivity contribution in [3.63, 3.8) is 0 Å². The van der Waals surface area contributed by atoms with Gasteiger partial charge in [0.25, 0.3) is 5.91 Å². The van der Waals surface area contributed by atoms with E-state index in [0.29, 0.717) is 17.0 Å². The van der Waals surface area contributed by atoms with Gasteiger partial charge in [0, 0.05) is 23.9 Å². The highest BCUT2D eigenvalue weighted by atomic mass is 32.2. The van der Waals surface area contributed by atoms with Crippen molar-refractivity contribution in [1.29, 1.82) is 0 Å². The minimum absolute atomic E-state index is 0.212. The van der Waals surface area contributed by atoms with Gasteiger partial charge in [0.15, 0.2) is 0 Å². The van der Waals surface area contributed by atoms with Crippen LogP contribution in [0.15, 0.2) is 35.4 Å². The van der Waals surface area contributed by atoms with Crippen LogP contribution in [0.3, 0.4) is 0 Å². The highest BCUT2D eigenvalue weighted by molar-refractivity contribution is 8.02. The van der Waals surface area contributed by atoms with E-state index in [0.717, 1.165) is 22.9 Å². The van der Waals surface area contributed by atoms with Crippen molar-refractivity contribution in [3.8, 4) is 12.8 Å². The number of hydrogen-bond acceptors (Lipinski definition) is 4. The van der Waals surface area contributed by atoms with Crippen molar-refractivity contribution < 1.29 is 18.0 Å². The molecule has 0 radical (unpaired) electrons. The summed E-state index contributed by atoms with van der Waals surface area (Å²) in [5.74, 6) is 0.306. The predicted octanol–water partition coefficient (Wildman–Crippen LogP) is 8.24. The number of pyridine rings is 1. The average molecular weight is 543 g/mol. The van der Waals surface area contributed by atoms with Crippen LogP contribution in [0.4, 0.5) is 13.2 Å². The molecule has 37 heavy (non-hydrogen) atoms. The van der Waals surface area contributed by atoms with E-state index in [4.69, 9.17) is 0 Å². The zero-order valence-electron chi connectivity index (χ0n) is 24.2. The standard InChI is InChI=1S/C20H25F3N4OS.3C2H6.C2H2/c1-6-17(29-11-14-7-8-24-18(9-14)20(21,22)23)13(4)25-19(28)16-10-15(12(2)3)26-27(16)5;4*1-2/h6-10,12-13H,11H2,1-5H3,(H,25,28);3*1-2H3;1-2H/b17-6-;;;;. The van der Waals surface area contributed by atoms with Gasteiger partial charge >= 0.3 is 6.18 Å². The van der Waals surface area contributed by atoms with Crippen molar-refractivity contribution in [2.45, 2.75) is 93.1 Å². The van der Waals surface area contributed by atoms with E-state index < -0.39 is 11.9 Å². The van der Waals surface area contributed by atoms with Crippen molar-refractivity contribution >= 4 is 17.7 Å². The number of rotatable bonds is 7. The van der Waals surface area contributed by atoms with Crippen LogP contribution in [-0.4, -0.2) is 26.7 Å². The fourth-order valence-corrected chi connectivity index (χ4v) is 3.66. The topological polar surface area (TPSA) is 59.8 Å². The third-order valence-corrected chi connectivity index (χ3v) is 5.70. The number of thioether (sulfide) groups is 1. The molecule has 210 valence electrons. The Morgan fingerprint density at radius 2 is 1.65 bits per heavy atom. The molecular formula is C28H45F3N4OS. The molecule has 5 nitrogen and oxygen atoms in total. The molecule has 0 spiro atoms. The summed E-state index contributed by atoms with van der Waals surface area (Å²) in [7, 11) is 1.72. The fraction of sp³-hybridized carbons (Fsp3) is 0.536. The van der Waals surface area contributed by atoms with E-state index in [1.807, 2.05) is 75.3 Å². The third kappa shape index (κ3) is 14.0. The largest absolute Gasteiger partial charge is 0.433 e. The van der Waals surface area contributed by atoms with Crippen LogP contribution in [0.2, 0.25) is 0 Å². The summed E-state index contributed by atoms with van der Waals surface area (Å²) in [6.45, 7) is 19.7. The van der Waals surface area contributed by atoms with Crippen molar-refractivity contribution in [3.05, 3.63) is 58.0 Å². The van der Waals surface area contributed by atoms with Crippen LogP contribution in [0, 0.1) is 12.8 Å². The van der Waals surface area contributed by atoms with Crippen molar-refractivity contribution in [2.24, 2.45) is 7.05 Å². The monoisotopic (exact) mass is 542 g/mol. The van der Waals surface area contributed by atoms with Gasteiger partial charge in [-0.25, -0.2) is 0 Å². The van der Waals surface area contributed by atoms with E-state index >= 15 is 0 Å². The van der Waals surface area contributed by atoms with Gasteiger partial charge in [-0.2, -0.15) is 18.3 Å². The molecule has 1 atom stereocenters. The number of allylic oxidation sites excluding steroid dienone is 1. The molecular weight excluding hydrogens is 497 g/mol. The Morgan fingerprint density at radius 3 is 2.08 bits per heavy atom. The molecule has 1 amide bonds. The van der Waals surface area contributed by atoms with Crippen LogP contribution in [0.25, 0.3) is 0 Å². The Bertz CT molecular complexity index is 935. The van der Waals surface area contributed by atoms with E-state index in [-0.39, 0.29) is 17.9 Å². The second kappa shape index (κ2) is 21.4. The maximum absolute atomic E-state index is 12.8. The first-order chi connectivity index (χ1) is 17.5. The smallest absolute Gasteiger partial charge is 0.344 e. The van der Waals surface area contributed by atoms with Crippen molar-refractivity contribution in [2.75, 3.05) is 0 Å². The maximum Gasteiger partial charge on any atom is 0.433 e. The number of aryl methyl sites for hydroxylation is 1. The Kier molecular flexibility index (Phi) is 22.4. The highest BCUT2D eigenvalue weighted by Gasteiger charge is 2.32. The molecule has 1 unspecified atom stereocenters. The summed E-state index contributed by atoms with van der Waals surface area (Å²) < 4.78 is 40.0. The lowest BCUT2D eigenvalue weighted by Crippen LogP contribution is -2.34. The molecule has 0 saturated heterocycles. The van der Waals surface area contributed by atoms with Gasteiger partial charge in [-0.1, -0.05) is 61.5 Å². The molecule has 0 aliphatic heterocycles. The van der Waals surface area contributed by atoms with Crippen LogP contribution < -0.4 is 5.32 Å². The number of amides is 1. The zero-order valence-corrected chi connectivity index (χ0v) is 25.0. The second-order valence-corrected chi connectivity index (χ2v) is 8.00. The first kappa shape index (κ1) is 38.8. The summed E-state index contributed by atoms with van der Waals surface area (Å²) >= 11 is 1.38. The average Bonchev–Trinajstić information content (AvgIpc) is 3.31. The number of alkyl halides is 3. The first-order valence-electron chi connectivity index (χ1n) is 12.5. The van der Waals surface area contributed by atoms with Gasteiger partial charge in [-0.3, -0.25) is 14.5 Å². The molecule has 0 saturated carbocycles. The lowest BCUT2D eigenvalue weighted by Gasteiger charge is -2.17. The molecule has 0 aromatic carbocycles. The number of carbonyl (C=O) groups excluding carboxylic acids is 1. The minimum atomic E-state index is -4.47. The Hall–Kier alpha value is -2.73. The zero-order chi connectivity index (χ0) is 29.8. The number of nitrogens with one attached hydrogen (secondary N) is 1. The Balaban J connectivity index is -0.00000131. The molecule has 2 rings (SSSR count). The van der Waals surface area contributed by atoms with E-state index in [1.54, 1.807) is 23.9 Å². The normalized spacial score (nSPS) is 11.2. The summed E-state index contributed by atoms with van der Waals surface area (Å²) in [5, 5.41) is 7.28. The number of terminal acetylenes is 1. The van der Waals surface area contributed by atoms with Crippen LogP contribution in [0.5, 0.6) is 0 Å². The van der Waals surface area contributed by atoms with Gasteiger partial charge < -0.3 is 5.32 Å². The van der Waals surface area contributed by atoms with Gasteiger partial charge in [0.2, 0.25) is 0 Å². The van der Waals surface area contributed by atoms with E-state index in [9.17, 15) is 18.0 Å². The third-order valence-electron chi connectivity index (χ3n) is 4.30.